The van der Waals surface area contributed by atoms with E-state index in [9.17, 15) is 18.0 Å². The fourth-order valence-electron chi connectivity index (χ4n) is 4.75. The highest BCUT2D eigenvalue weighted by Gasteiger charge is 2.35. The van der Waals surface area contributed by atoms with Gasteiger partial charge in [-0.05, 0) is 74.4 Å². The molecule has 4 rings (SSSR count). The minimum atomic E-state index is -4.31. The van der Waals surface area contributed by atoms with Crippen LogP contribution in [0.25, 0.3) is 0 Å². The molecule has 0 unspecified atom stereocenters. The molecule has 1 atom stereocenters. The zero-order valence-corrected chi connectivity index (χ0v) is 29.0. The smallest absolute Gasteiger partial charge is 0.264 e. The molecule has 0 saturated heterocycles. The number of hydrogen-bond acceptors (Lipinski definition) is 4. The van der Waals surface area contributed by atoms with E-state index in [0.29, 0.717) is 0 Å². The SMILES string of the molecule is Cc1ccc(S(=O)(=O)N(CC(=O)N(Cc2ccc(Br)cc2)[C@@H](Cc2ccccc2)C(=O)NC(C)C)c2cc(Cl)ccc2Cl)cc1. The maximum absolute atomic E-state index is 14.5. The van der Waals surface area contributed by atoms with Gasteiger partial charge in [-0.15, -0.1) is 0 Å². The lowest BCUT2D eigenvalue weighted by molar-refractivity contribution is -0.140. The van der Waals surface area contributed by atoms with Crippen LogP contribution in [0.2, 0.25) is 10.0 Å². The van der Waals surface area contributed by atoms with Gasteiger partial charge in [0.1, 0.15) is 12.6 Å². The van der Waals surface area contributed by atoms with Crippen LogP contribution in [-0.4, -0.2) is 43.8 Å². The van der Waals surface area contributed by atoms with Crippen molar-refractivity contribution in [3.63, 3.8) is 0 Å². The summed E-state index contributed by atoms with van der Waals surface area (Å²) in [4.78, 5) is 29.7. The number of amides is 2. The largest absolute Gasteiger partial charge is 0.352 e. The van der Waals surface area contributed by atoms with Crippen LogP contribution in [0.15, 0.2) is 106 Å². The quantitative estimate of drug-likeness (QED) is 0.164. The lowest BCUT2D eigenvalue weighted by Crippen LogP contribution is -2.54. The predicted octanol–water partition coefficient (Wildman–Crippen LogP) is 7.42. The lowest BCUT2D eigenvalue weighted by atomic mass is 10.0. The molecule has 4 aromatic carbocycles. The predicted molar refractivity (Wildman–Crippen MR) is 184 cm³/mol. The molecule has 4 aromatic rings. The number of halogens is 3. The Labute approximate surface area is 283 Å². The summed E-state index contributed by atoms with van der Waals surface area (Å²) < 4.78 is 30.2. The second-order valence-corrected chi connectivity index (χ2v) is 14.6. The Balaban J connectivity index is 1.83. The monoisotopic (exact) mass is 729 g/mol. The van der Waals surface area contributed by atoms with Crippen LogP contribution in [0.3, 0.4) is 0 Å². The molecule has 236 valence electrons. The van der Waals surface area contributed by atoms with E-state index in [1.54, 1.807) is 12.1 Å². The van der Waals surface area contributed by atoms with Crippen molar-refractivity contribution in [1.29, 1.82) is 0 Å². The Morgan fingerprint density at radius 2 is 1.51 bits per heavy atom. The molecule has 11 heteroatoms. The second-order valence-electron chi connectivity index (χ2n) is 10.9. The zero-order chi connectivity index (χ0) is 32.7. The van der Waals surface area contributed by atoms with E-state index in [1.165, 1.54) is 35.2 Å². The van der Waals surface area contributed by atoms with Crippen molar-refractivity contribution in [3.05, 3.63) is 128 Å². The van der Waals surface area contributed by atoms with Gasteiger partial charge >= 0.3 is 0 Å². The highest BCUT2D eigenvalue weighted by Crippen LogP contribution is 2.33. The second kappa shape index (κ2) is 15.3. The number of hydrogen-bond donors (Lipinski definition) is 1. The van der Waals surface area contributed by atoms with Crippen LogP contribution >= 0.6 is 39.1 Å². The molecule has 0 bridgehead atoms. The number of aryl methyl sites for hydroxylation is 1. The van der Waals surface area contributed by atoms with Crippen molar-refractivity contribution in [3.8, 4) is 0 Å². The van der Waals surface area contributed by atoms with E-state index in [0.717, 1.165) is 25.5 Å². The fraction of sp³-hybridized carbons (Fsp3) is 0.235. The third kappa shape index (κ3) is 9.10. The van der Waals surface area contributed by atoms with E-state index in [4.69, 9.17) is 23.2 Å². The van der Waals surface area contributed by atoms with Gasteiger partial charge in [-0.1, -0.05) is 99.3 Å². The molecule has 1 N–H and O–H groups in total. The first kappa shape index (κ1) is 34.5. The summed E-state index contributed by atoms with van der Waals surface area (Å²) in [5.41, 5.74) is 2.53. The molecular weight excluding hydrogens is 697 g/mol. The van der Waals surface area contributed by atoms with Gasteiger partial charge in [0.2, 0.25) is 11.8 Å². The van der Waals surface area contributed by atoms with Crippen molar-refractivity contribution in [2.45, 2.75) is 50.7 Å². The lowest BCUT2D eigenvalue weighted by Gasteiger charge is -2.34. The van der Waals surface area contributed by atoms with Gasteiger partial charge in [0, 0.05) is 28.5 Å². The molecule has 7 nitrogen and oxygen atoms in total. The van der Waals surface area contributed by atoms with E-state index in [1.807, 2.05) is 75.4 Å². The van der Waals surface area contributed by atoms with Crippen molar-refractivity contribution < 1.29 is 18.0 Å². The van der Waals surface area contributed by atoms with Gasteiger partial charge in [-0.2, -0.15) is 0 Å². The molecular formula is C34H34BrCl2N3O4S. The summed E-state index contributed by atoms with van der Waals surface area (Å²) in [5.74, 6) is -0.947. The van der Waals surface area contributed by atoms with Gasteiger partial charge < -0.3 is 10.2 Å². The van der Waals surface area contributed by atoms with E-state index in [-0.39, 0.29) is 45.5 Å². The topological polar surface area (TPSA) is 86.8 Å². The van der Waals surface area contributed by atoms with Gasteiger partial charge in [0.05, 0.1) is 15.6 Å². The van der Waals surface area contributed by atoms with Crippen LogP contribution in [0, 0.1) is 6.92 Å². The number of rotatable bonds is 12. The summed E-state index contributed by atoms with van der Waals surface area (Å²) in [6.45, 7) is 4.95. The summed E-state index contributed by atoms with van der Waals surface area (Å²) >= 11 is 16.3. The van der Waals surface area contributed by atoms with Crippen molar-refractivity contribution in [2.24, 2.45) is 0 Å². The van der Waals surface area contributed by atoms with E-state index >= 15 is 0 Å². The molecule has 0 radical (unpaired) electrons. The number of benzene rings is 4. The van der Waals surface area contributed by atoms with Gasteiger partial charge in [0.15, 0.2) is 0 Å². The first-order valence-electron chi connectivity index (χ1n) is 14.3. The minimum Gasteiger partial charge on any atom is -0.352 e. The normalized spacial score (nSPS) is 12.1. The summed E-state index contributed by atoms with van der Waals surface area (Å²) in [7, 11) is -4.31. The number of carbonyl (C=O) groups excluding carboxylic acids is 2. The van der Waals surface area contributed by atoms with E-state index in [2.05, 4.69) is 21.2 Å². The Hall–Kier alpha value is -3.37. The highest BCUT2D eigenvalue weighted by atomic mass is 79.9. The molecule has 0 saturated carbocycles. The Bertz CT molecular complexity index is 1740. The van der Waals surface area contributed by atoms with Gasteiger partial charge in [-0.3, -0.25) is 13.9 Å². The van der Waals surface area contributed by atoms with Crippen LogP contribution in [0.5, 0.6) is 0 Å². The van der Waals surface area contributed by atoms with Crippen molar-refractivity contribution in [1.82, 2.24) is 10.2 Å². The standard InChI is InChI=1S/C34H34BrCl2N3O4S/c1-23(2)38-34(42)32(19-25-7-5-4-6-8-25)39(21-26-11-13-27(35)14-12-26)33(41)22-40(31-20-28(36)15-18-30(31)37)45(43,44)29-16-9-24(3)10-17-29/h4-18,20,23,32H,19,21-22H2,1-3H3,(H,38,42)/t32-/m0/s1. The first-order valence-corrected chi connectivity index (χ1v) is 17.3. The Morgan fingerprint density at radius 1 is 0.867 bits per heavy atom. The highest BCUT2D eigenvalue weighted by molar-refractivity contribution is 9.10. The maximum Gasteiger partial charge on any atom is 0.264 e. The maximum atomic E-state index is 14.5. The van der Waals surface area contributed by atoms with Crippen LogP contribution in [0.4, 0.5) is 5.69 Å². The molecule has 0 aliphatic rings. The van der Waals surface area contributed by atoms with E-state index < -0.39 is 28.5 Å². The Morgan fingerprint density at radius 3 is 2.13 bits per heavy atom. The number of nitrogens with zero attached hydrogens (tertiary/aromatic N) is 2. The number of nitrogens with one attached hydrogen (secondary N) is 1. The van der Waals surface area contributed by atoms with Gasteiger partial charge in [0.25, 0.3) is 10.0 Å². The molecule has 0 fully saturated rings. The van der Waals surface area contributed by atoms with Crippen LogP contribution in [0.1, 0.15) is 30.5 Å². The van der Waals surface area contributed by atoms with Crippen molar-refractivity contribution in [2.75, 3.05) is 10.8 Å². The zero-order valence-electron chi connectivity index (χ0n) is 25.1. The third-order valence-electron chi connectivity index (χ3n) is 7.03. The van der Waals surface area contributed by atoms with Crippen molar-refractivity contribution >= 4 is 66.7 Å². The molecule has 0 aliphatic heterocycles. The first-order chi connectivity index (χ1) is 21.3. The fourth-order valence-corrected chi connectivity index (χ4v) is 6.87. The molecule has 45 heavy (non-hydrogen) atoms. The third-order valence-corrected chi connectivity index (χ3v) is 9.89. The molecule has 0 aliphatic carbocycles. The summed E-state index contributed by atoms with van der Waals surface area (Å²) in [6.07, 6.45) is 0.213. The minimum absolute atomic E-state index is 0.0187. The average molecular weight is 732 g/mol. The number of anilines is 1. The molecule has 0 spiro atoms. The summed E-state index contributed by atoms with van der Waals surface area (Å²) in [6, 6.07) is 26.4. The molecule has 2 amide bonds. The Kier molecular flexibility index (Phi) is 11.7. The average Bonchev–Trinajstić information content (AvgIpc) is 3.00. The number of sulfonamides is 1. The molecule has 0 heterocycles. The number of carbonyl (C=O) groups is 2. The van der Waals surface area contributed by atoms with Crippen LogP contribution in [-0.2, 0) is 32.6 Å². The summed E-state index contributed by atoms with van der Waals surface area (Å²) in [5, 5.41) is 3.29. The molecule has 0 aromatic heterocycles. The van der Waals surface area contributed by atoms with Gasteiger partial charge in [-0.25, -0.2) is 8.42 Å². The van der Waals surface area contributed by atoms with Crippen LogP contribution < -0.4 is 9.62 Å².